The molecule has 6 nitrogen and oxygen atoms in total. The highest BCUT2D eigenvalue weighted by atomic mass is 32.1. The van der Waals surface area contributed by atoms with Gasteiger partial charge in [-0.3, -0.25) is 4.90 Å². The molecule has 4 rings (SSSR count). The number of ether oxygens (including phenoxy) is 1. The number of hydrogen-bond acceptors (Lipinski definition) is 6. The van der Waals surface area contributed by atoms with Gasteiger partial charge < -0.3 is 9.64 Å². The number of rotatable bonds is 1. The largest absolute Gasteiger partial charge is 0.447 e. The Labute approximate surface area is 113 Å². The zero-order valence-electron chi connectivity index (χ0n) is 10.2. The minimum Gasteiger partial charge on any atom is -0.447 e. The van der Waals surface area contributed by atoms with E-state index in [-0.39, 0.29) is 12.1 Å². The van der Waals surface area contributed by atoms with E-state index in [2.05, 4.69) is 20.9 Å². The van der Waals surface area contributed by atoms with Crippen molar-refractivity contribution < 1.29 is 9.53 Å². The van der Waals surface area contributed by atoms with Crippen molar-refractivity contribution in [1.29, 1.82) is 0 Å². The molecule has 4 heterocycles. The molecule has 0 aromatic carbocycles. The van der Waals surface area contributed by atoms with E-state index < -0.39 is 0 Å². The number of anilines is 1. The molecule has 0 aliphatic carbocycles. The summed E-state index contributed by atoms with van der Waals surface area (Å²) in [6.07, 6.45) is 1.42. The predicted molar refractivity (Wildman–Crippen MR) is 71.5 cm³/mol. The predicted octanol–water partition coefficient (Wildman–Crippen LogP) is 1.33. The quantitative estimate of drug-likeness (QED) is 0.786. The fourth-order valence-corrected chi connectivity index (χ4v) is 3.44. The first kappa shape index (κ1) is 11.0. The number of piperazine rings is 1. The lowest BCUT2D eigenvalue weighted by molar-refractivity contribution is 0.157. The van der Waals surface area contributed by atoms with Gasteiger partial charge in [0.05, 0.1) is 11.4 Å². The van der Waals surface area contributed by atoms with Crippen molar-refractivity contribution in [3.05, 3.63) is 17.8 Å². The summed E-state index contributed by atoms with van der Waals surface area (Å²) in [6.45, 7) is 2.73. The lowest BCUT2D eigenvalue weighted by atomic mass is 10.2. The average molecular weight is 276 g/mol. The third-order valence-corrected chi connectivity index (χ3v) is 4.48. The van der Waals surface area contributed by atoms with Gasteiger partial charge in [0, 0.05) is 19.6 Å². The summed E-state index contributed by atoms with van der Waals surface area (Å²) in [5, 5.41) is 3.12. The first-order chi connectivity index (χ1) is 9.33. The van der Waals surface area contributed by atoms with Crippen molar-refractivity contribution in [3.63, 3.8) is 0 Å². The molecule has 0 radical (unpaired) electrons. The van der Waals surface area contributed by atoms with E-state index >= 15 is 0 Å². The summed E-state index contributed by atoms with van der Waals surface area (Å²) in [6, 6.07) is 2.20. The van der Waals surface area contributed by atoms with Crippen LogP contribution in [-0.2, 0) is 4.74 Å². The molecule has 0 saturated carbocycles. The van der Waals surface area contributed by atoms with Crippen LogP contribution >= 0.6 is 11.3 Å². The van der Waals surface area contributed by atoms with Gasteiger partial charge in [0.2, 0.25) is 0 Å². The van der Waals surface area contributed by atoms with E-state index in [1.54, 1.807) is 17.7 Å². The Bertz CT molecular complexity index is 643. The Morgan fingerprint density at radius 3 is 3.26 bits per heavy atom. The Morgan fingerprint density at radius 1 is 1.37 bits per heavy atom. The van der Waals surface area contributed by atoms with Gasteiger partial charge in [0.25, 0.3) is 0 Å². The van der Waals surface area contributed by atoms with Crippen molar-refractivity contribution in [2.75, 3.05) is 31.1 Å². The van der Waals surface area contributed by atoms with Crippen LogP contribution in [0.5, 0.6) is 0 Å². The molecule has 2 saturated heterocycles. The number of amides is 1. The van der Waals surface area contributed by atoms with E-state index in [1.165, 1.54) is 0 Å². The molecule has 2 fully saturated rings. The highest BCUT2D eigenvalue weighted by Gasteiger charge is 2.38. The Balaban J connectivity index is 1.67. The van der Waals surface area contributed by atoms with Gasteiger partial charge in [-0.05, 0) is 11.4 Å². The van der Waals surface area contributed by atoms with Crippen LogP contribution in [0.1, 0.15) is 0 Å². The Morgan fingerprint density at radius 2 is 2.32 bits per heavy atom. The minimum absolute atomic E-state index is 0.143. The van der Waals surface area contributed by atoms with Crippen molar-refractivity contribution in [2.45, 2.75) is 6.04 Å². The van der Waals surface area contributed by atoms with Crippen LogP contribution in [0, 0.1) is 0 Å². The zero-order chi connectivity index (χ0) is 12.8. The number of hydrogen-bond donors (Lipinski definition) is 0. The van der Waals surface area contributed by atoms with Crippen LogP contribution in [0.3, 0.4) is 0 Å². The van der Waals surface area contributed by atoms with Gasteiger partial charge in [-0.1, -0.05) is 0 Å². The Hall–Kier alpha value is -1.89. The molecule has 7 heteroatoms. The first-order valence-electron chi connectivity index (χ1n) is 6.19. The smallest absolute Gasteiger partial charge is 0.410 e. The van der Waals surface area contributed by atoms with Crippen molar-refractivity contribution in [3.8, 4) is 0 Å². The maximum absolute atomic E-state index is 11.5. The van der Waals surface area contributed by atoms with Gasteiger partial charge in [0.1, 0.15) is 23.6 Å². The fraction of sp³-hybridized carbons (Fsp3) is 0.417. The number of nitrogens with zero attached hydrogens (tertiary/aromatic N) is 4. The van der Waals surface area contributed by atoms with Gasteiger partial charge in [-0.2, -0.15) is 0 Å². The highest BCUT2D eigenvalue weighted by Crippen LogP contribution is 2.29. The summed E-state index contributed by atoms with van der Waals surface area (Å²) in [7, 11) is 0. The van der Waals surface area contributed by atoms with Crippen LogP contribution < -0.4 is 4.90 Å². The maximum atomic E-state index is 11.5. The SMILES string of the molecule is O=C1OCC2CN(c3ncnc4sccc34)CCN12. The normalized spacial score (nSPS) is 22.7. The van der Waals surface area contributed by atoms with Crippen LogP contribution in [0.4, 0.5) is 10.6 Å². The topological polar surface area (TPSA) is 58.6 Å². The van der Waals surface area contributed by atoms with E-state index in [0.717, 1.165) is 29.1 Å². The second kappa shape index (κ2) is 4.06. The number of carbonyl (C=O) groups is 1. The molecule has 2 aromatic heterocycles. The van der Waals surface area contributed by atoms with Crippen LogP contribution in [0.15, 0.2) is 17.8 Å². The van der Waals surface area contributed by atoms with E-state index in [9.17, 15) is 4.79 Å². The summed E-state index contributed by atoms with van der Waals surface area (Å²) in [5.41, 5.74) is 0. The summed E-state index contributed by atoms with van der Waals surface area (Å²) in [4.78, 5) is 25.2. The molecule has 0 spiro atoms. The second-order valence-corrected chi connectivity index (χ2v) is 5.60. The fourth-order valence-electron chi connectivity index (χ4n) is 2.71. The van der Waals surface area contributed by atoms with Gasteiger partial charge in [0.15, 0.2) is 0 Å². The number of carbonyl (C=O) groups excluding carboxylic acids is 1. The molecular weight excluding hydrogens is 264 g/mol. The van der Waals surface area contributed by atoms with Crippen LogP contribution in [0.2, 0.25) is 0 Å². The molecule has 19 heavy (non-hydrogen) atoms. The van der Waals surface area contributed by atoms with Crippen molar-refractivity contribution >= 4 is 33.5 Å². The molecule has 0 N–H and O–H groups in total. The van der Waals surface area contributed by atoms with Gasteiger partial charge >= 0.3 is 6.09 Å². The van der Waals surface area contributed by atoms with Crippen molar-refractivity contribution in [1.82, 2.24) is 14.9 Å². The maximum Gasteiger partial charge on any atom is 0.410 e. The lowest BCUT2D eigenvalue weighted by Crippen LogP contribution is -2.52. The van der Waals surface area contributed by atoms with Gasteiger partial charge in [-0.15, -0.1) is 11.3 Å². The Kier molecular flexibility index (Phi) is 2.34. The second-order valence-electron chi connectivity index (χ2n) is 4.71. The molecule has 1 atom stereocenters. The molecule has 0 bridgehead atoms. The van der Waals surface area contributed by atoms with E-state index in [4.69, 9.17) is 4.74 Å². The third kappa shape index (κ3) is 1.65. The third-order valence-electron chi connectivity index (χ3n) is 3.66. The molecular formula is C12H12N4O2S. The number of thiophene rings is 1. The first-order valence-corrected chi connectivity index (χ1v) is 7.07. The van der Waals surface area contributed by atoms with E-state index in [0.29, 0.717) is 13.2 Å². The standard InChI is InChI=1S/C12H12N4O2S/c17-12-16-3-2-15(5-8(16)6-18-12)10-9-1-4-19-11(9)14-7-13-10/h1,4,7-8H,2-3,5-6H2. The molecule has 98 valence electrons. The number of fused-ring (bicyclic) bond motifs is 2. The van der Waals surface area contributed by atoms with Gasteiger partial charge in [-0.25, -0.2) is 14.8 Å². The molecule has 1 unspecified atom stereocenters. The number of aromatic nitrogens is 2. The molecule has 2 aromatic rings. The minimum atomic E-state index is -0.187. The summed E-state index contributed by atoms with van der Waals surface area (Å²) in [5.74, 6) is 0.963. The number of cyclic esters (lactones) is 1. The van der Waals surface area contributed by atoms with E-state index in [1.807, 2.05) is 10.3 Å². The molecule has 2 aliphatic heterocycles. The van der Waals surface area contributed by atoms with Crippen LogP contribution in [0.25, 0.3) is 10.2 Å². The average Bonchev–Trinajstić information content (AvgIpc) is 3.05. The zero-order valence-corrected chi connectivity index (χ0v) is 11.0. The molecule has 2 aliphatic rings. The summed E-state index contributed by atoms with van der Waals surface area (Å²) >= 11 is 1.62. The van der Waals surface area contributed by atoms with Crippen molar-refractivity contribution in [2.24, 2.45) is 0 Å². The monoisotopic (exact) mass is 276 g/mol. The molecule has 1 amide bonds. The summed E-state index contributed by atoms with van der Waals surface area (Å²) < 4.78 is 5.09. The highest BCUT2D eigenvalue weighted by molar-refractivity contribution is 7.16. The van der Waals surface area contributed by atoms with Crippen LogP contribution in [-0.4, -0.2) is 53.2 Å². The lowest BCUT2D eigenvalue weighted by Gasteiger charge is -2.36.